The smallest absolute Gasteiger partial charge is 0.336 e. The van der Waals surface area contributed by atoms with Crippen molar-refractivity contribution >= 4 is 5.97 Å². The second kappa shape index (κ2) is 5.16. The molecule has 0 aromatic rings. The number of esters is 1. The first-order chi connectivity index (χ1) is 6.24. The summed E-state index contributed by atoms with van der Waals surface area (Å²) in [6.07, 6.45) is 0.698. The van der Waals surface area contributed by atoms with E-state index in [0.29, 0.717) is 0 Å². The van der Waals surface area contributed by atoms with Gasteiger partial charge in [-0.1, -0.05) is 0 Å². The van der Waals surface area contributed by atoms with Crippen molar-refractivity contribution in [1.82, 2.24) is 0 Å². The third-order valence-corrected chi connectivity index (χ3v) is 1.93. The zero-order valence-corrected chi connectivity index (χ0v) is 7.44. The van der Waals surface area contributed by atoms with Crippen molar-refractivity contribution in [2.24, 2.45) is 5.73 Å². The highest BCUT2D eigenvalue weighted by atomic mass is 16.6. The van der Waals surface area contributed by atoms with Crippen LogP contribution < -0.4 is 5.73 Å². The van der Waals surface area contributed by atoms with E-state index in [1.165, 1.54) is 0 Å². The first kappa shape index (κ1) is 10.4. The van der Waals surface area contributed by atoms with E-state index in [1.54, 1.807) is 0 Å². The molecule has 0 aromatic carbocycles. The molecule has 2 unspecified atom stereocenters. The largest absolute Gasteiger partial charge is 0.461 e. The van der Waals surface area contributed by atoms with Crippen LogP contribution in [0.1, 0.15) is 12.8 Å². The zero-order chi connectivity index (χ0) is 9.68. The molecule has 5 heteroatoms. The average Bonchev–Trinajstić information content (AvgIpc) is 2.65. The van der Waals surface area contributed by atoms with Gasteiger partial charge in [-0.3, -0.25) is 0 Å². The van der Waals surface area contributed by atoms with Crippen LogP contribution in [0.4, 0.5) is 0 Å². The molecule has 13 heavy (non-hydrogen) atoms. The van der Waals surface area contributed by atoms with E-state index in [-0.39, 0.29) is 19.3 Å². The Hall–Kier alpha value is -0.650. The van der Waals surface area contributed by atoms with Crippen LogP contribution in [-0.4, -0.2) is 43.0 Å². The summed E-state index contributed by atoms with van der Waals surface area (Å²) in [7, 11) is 0. The number of rotatable bonds is 4. The summed E-state index contributed by atoms with van der Waals surface area (Å²) in [6.45, 7) is 0.835. The monoisotopic (exact) mass is 189 g/mol. The Morgan fingerprint density at radius 1 is 1.77 bits per heavy atom. The molecule has 0 aromatic heterocycles. The molecular formula is C8H15NO4. The first-order valence-corrected chi connectivity index (χ1v) is 4.40. The Labute approximate surface area is 76.8 Å². The summed E-state index contributed by atoms with van der Waals surface area (Å²) < 4.78 is 10.0. The van der Waals surface area contributed by atoms with Gasteiger partial charge in [0, 0.05) is 13.2 Å². The van der Waals surface area contributed by atoms with Crippen LogP contribution in [0.15, 0.2) is 0 Å². The third-order valence-electron chi connectivity index (χ3n) is 1.93. The van der Waals surface area contributed by atoms with Gasteiger partial charge in [0.1, 0.15) is 6.61 Å². The highest BCUT2D eigenvalue weighted by molar-refractivity contribution is 5.74. The van der Waals surface area contributed by atoms with Gasteiger partial charge in [-0.05, 0) is 12.8 Å². The molecule has 1 aliphatic heterocycles. The summed E-state index contributed by atoms with van der Waals surface area (Å²) in [5, 5.41) is 8.96. The number of carbonyl (C=O) groups excluding carboxylic acids is 1. The van der Waals surface area contributed by atoms with E-state index in [0.717, 1.165) is 19.4 Å². The fraction of sp³-hybridized carbons (Fsp3) is 0.875. The van der Waals surface area contributed by atoms with Gasteiger partial charge in [0.05, 0.1) is 6.10 Å². The molecule has 1 rings (SSSR count). The Balaban J connectivity index is 2.13. The Morgan fingerprint density at radius 3 is 3.08 bits per heavy atom. The Kier molecular flexibility index (Phi) is 4.14. The van der Waals surface area contributed by atoms with Gasteiger partial charge in [0.25, 0.3) is 0 Å². The van der Waals surface area contributed by atoms with E-state index < -0.39 is 12.1 Å². The quantitative estimate of drug-likeness (QED) is 0.556. The summed E-state index contributed by atoms with van der Waals surface area (Å²) in [5.41, 5.74) is 5.07. The van der Waals surface area contributed by atoms with Crippen LogP contribution in [0, 0.1) is 0 Å². The van der Waals surface area contributed by atoms with E-state index in [9.17, 15) is 4.79 Å². The van der Waals surface area contributed by atoms with Gasteiger partial charge in [-0.15, -0.1) is 0 Å². The lowest BCUT2D eigenvalue weighted by Crippen LogP contribution is -2.32. The number of nitrogens with two attached hydrogens (primary N) is 1. The fourth-order valence-electron chi connectivity index (χ4n) is 1.14. The molecule has 1 fully saturated rings. The predicted octanol–water partition coefficient (Wildman–Crippen LogP) is -0.972. The zero-order valence-electron chi connectivity index (χ0n) is 7.44. The maximum atomic E-state index is 10.9. The van der Waals surface area contributed by atoms with Crippen molar-refractivity contribution in [3.05, 3.63) is 0 Å². The molecule has 1 aliphatic rings. The molecule has 1 heterocycles. The minimum absolute atomic E-state index is 0.00563. The first-order valence-electron chi connectivity index (χ1n) is 4.40. The summed E-state index contributed by atoms with van der Waals surface area (Å²) in [4.78, 5) is 10.9. The molecule has 5 nitrogen and oxygen atoms in total. The Morgan fingerprint density at radius 2 is 2.54 bits per heavy atom. The van der Waals surface area contributed by atoms with Crippen LogP contribution >= 0.6 is 0 Å². The molecule has 0 radical (unpaired) electrons. The number of aliphatic hydroxyl groups excluding tert-OH is 1. The van der Waals surface area contributed by atoms with Gasteiger partial charge in [-0.2, -0.15) is 0 Å². The highest BCUT2D eigenvalue weighted by Gasteiger charge is 2.20. The van der Waals surface area contributed by atoms with E-state index in [1.807, 2.05) is 0 Å². The van der Waals surface area contributed by atoms with Gasteiger partial charge in [0.15, 0.2) is 6.10 Å². The van der Waals surface area contributed by atoms with E-state index >= 15 is 0 Å². The lowest BCUT2D eigenvalue weighted by atomic mass is 10.2. The van der Waals surface area contributed by atoms with Crippen LogP contribution in [0.3, 0.4) is 0 Å². The molecule has 2 atom stereocenters. The third kappa shape index (κ3) is 3.30. The van der Waals surface area contributed by atoms with Crippen LogP contribution in [0.25, 0.3) is 0 Å². The standard InChI is InChI=1S/C8H15NO4/c9-4-7(10)8(11)13-5-6-2-1-3-12-6/h6-7,10H,1-5,9H2. The predicted molar refractivity (Wildman–Crippen MR) is 45.0 cm³/mol. The summed E-state index contributed by atoms with van der Waals surface area (Å²) in [6, 6.07) is 0. The minimum Gasteiger partial charge on any atom is -0.461 e. The maximum absolute atomic E-state index is 10.9. The van der Waals surface area contributed by atoms with E-state index in [4.69, 9.17) is 20.3 Å². The van der Waals surface area contributed by atoms with Gasteiger partial charge in [-0.25, -0.2) is 4.79 Å². The summed E-state index contributed by atoms with van der Waals surface area (Å²) >= 11 is 0. The average molecular weight is 189 g/mol. The second-order valence-electron chi connectivity index (χ2n) is 3.02. The normalized spacial score (nSPS) is 24.3. The number of hydrogen-bond donors (Lipinski definition) is 2. The van der Waals surface area contributed by atoms with Crippen LogP contribution in [-0.2, 0) is 14.3 Å². The van der Waals surface area contributed by atoms with Crippen molar-refractivity contribution in [2.45, 2.75) is 25.0 Å². The molecule has 0 bridgehead atoms. The van der Waals surface area contributed by atoms with Crippen LogP contribution in [0.5, 0.6) is 0 Å². The van der Waals surface area contributed by atoms with Gasteiger partial charge < -0.3 is 20.3 Å². The molecule has 0 spiro atoms. The molecular weight excluding hydrogens is 174 g/mol. The minimum atomic E-state index is -1.21. The second-order valence-corrected chi connectivity index (χ2v) is 3.02. The molecule has 0 amide bonds. The number of aliphatic hydroxyl groups is 1. The van der Waals surface area contributed by atoms with Crippen molar-refractivity contribution < 1.29 is 19.4 Å². The van der Waals surface area contributed by atoms with Gasteiger partial charge >= 0.3 is 5.97 Å². The fourth-order valence-corrected chi connectivity index (χ4v) is 1.14. The van der Waals surface area contributed by atoms with Gasteiger partial charge in [0.2, 0.25) is 0 Å². The van der Waals surface area contributed by atoms with Crippen molar-refractivity contribution in [3.63, 3.8) is 0 Å². The van der Waals surface area contributed by atoms with Crippen LogP contribution in [0.2, 0.25) is 0 Å². The maximum Gasteiger partial charge on any atom is 0.336 e. The number of ether oxygens (including phenoxy) is 2. The Bertz CT molecular complexity index is 168. The van der Waals surface area contributed by atoms with E-state index in [2.05, 4.69) is 0 Å². The molecule has 76 valence electrons. The number of carbonyl (C=O) groups is 1. The molecule has 1 saturated heterocycles. The molecule has 0 aliphatic carbocycles. The van der Waals surface area contributed by atoms with Crippen molar-refractivity contribution in [1.29, 1.82) is 0 Å². The van der Waals surface area contributed by atoms with Crippen molar-refractivity contribution in [2.75, 3.05) is 19.8 Å². The summed E-state index contributed by atoms with van der Waals surface area (Å²) in [5.74, 6) is -0.669. The number of hydrogen-bond acceptors (Lipinski definition) is 5. The SMILES string of the molecule is NCC(O)C(=O)OCC1CCCO1. The highest BCUT2D eigenvalue weighted by Crippen LogP contribution is 2.11. The molecule has 3 N–H and O–H groups in total. The van der Waals surface area contributed by atoms with Crippen molar-refractivity contribution in [3.8, 4) is 0 Å². The lowest BCUT2D eigenvalue weighted by molar-refractivity contribution is -0.156. The molecule has 0 saturated carbocycles. The lowest BCUT2D eigenvalue weighted by Gasteiger charge is -2.12. The topological polar surface area (TPSA) is 81.8 Å².